The van der Waals surface area contributed by atoms with E-state index in [1.54, 1.807) is 6.20 Å². The summed E-state index contributed by atoms with van der Waals surface area (Å²) in [7, 11) is 0. The highest BCUT2D eigenvalue weighted by molar-refractivity contribution is 6.11. The van der Waals surface area contributed by atoms with Crippen molar-refractivity contribution in [2.45, 2.75) is 19.3 Å². The summed E-state index contributed by atoms with van der Waals surface area (Å²) in [6.07, 6.45) is 3.65. The third-order valence-corrected chi connectivity index (χ3v) is 8.17. The Kier molecular flexibility index (Phi) is 5.41. The van der Waals surface area contributed by atoms with Crippen LogP contribution in [0.25, 0.3) is 38.9 Å². The summed E-state index contributed by atoms with van der Waals surface area (Å²) < 4.78 is 15.1. The van der Waals surface area contributed by atoms with Crippen LogP contribution in [-0.4, -0.2) is 14.5 Å². The van der Waals surface area contributed by atoms with Crippen molar-refractivity contribution in [2.24, 2.45) is 0 Å². The molecule has 4 heterocycles. The Morgan fingerprint density at radius 2 is 1.50 bits per heavy atom. The van der Waals surface area contributed by atoms with E-state index >= 15 is 0 Å². The molecule has 0 atom stereocenters. The van der Waals surface area contributed by atoms with E-state index in [2.05, 4.69) is 65.9 Å². The smallest absolute Gasteiger partial charge is 0.145 e. The zero-order chi connectivity index (χ0) is 28.3. The molecule has 0 N–H and O–H groups in total. The predicted molar refractivity (Wildman–Crippen MR) is 167 cm³/mol. The Morgan fingerprint density at radius 3 is 2.38 bits per heavy atom. The fraction of sp³-hybridized carbons (Fsp3) is 0.0811. The fourth-order valence-corrected chi connectivity index (χ4v) is 6.28. The van der Waals surface area contributed by atoms with E-state index in [0.717, 1.165) is 61.9 Å². The molecule has 0 unspecified atom stereocenters. The van der Waals surface area contributed by atoms with Crippen molar-refractivity contribution in [3.63, 3.8) is 0 Å². The average molecular weight is 546 g/mol. The fourth-order valence-electron chi connectivity index (χ4n) is 6.28. The molecule has 0 spiro atoms. The van der Waals surface area contributed by atoms with Crippen molar-refractivity contribution in [1.82, 2.24) is 14.5 Å². The van der Waals surface area contributed by atoms with Gasteiger partial charge in [-0.2, -0.15) is 0 Å². The molecule has 0 bridgehead atoms. The second kappa shape index (κ2) is 9.32. The summed E-state index contributed by atoms with van der Waals surface area (Å²) in [4.78, 5) is 9.35. The van der Waals surface area contributed by atoms with Gasteiger partial charge in [0, 0.05) is 51.3 Å². The molecule has 42 heavy (non-hydrogen) atoms. The highest BCUT2D eigenvalue weighted by atomic mass is 16.5. The van der Waals surface area contributed by atoms with Crippen molar-refractivity contribution in [1.29, 1.82) is 0 Å². The second-order valence-electron chi connectivity index (χ2n) is 11.1. The van der Waals surface area contributed by atoms with Gasteiger partial charge in [0.1, 0.15) is 28.6 Å². The van der Waals surface area contributed by atoms with Crippen LogP contribution in [0.2, 0.25) is 0 Å². The van der Waals surface area contributed by atoms with Gasteiger partial charge in [-0.05, 0) is 66.7 Å². The molecule has 0 amide bonds. The van der Waals surface area contributed by atoms with E-state index in [1.165, 1.54) is 11.1 Å². The molecule has 0 saturated heterocycles. The standard InChI is InChI=1S/C37H27N3O2/c1-37(2)29-15-3-4-17-32(29)42-33-19-18-31-34(35(33)37)28-14-9-21-39-36(28)40(31)25-11-8-13-27(23-25)41-26-12-7-10-24(22-26)30-16-5-6-20-38-30/h3-23H,1-2H3. The largest absolute Gasteiger partial charge is 0.457 e. The molecule has 5 nitrogen and oxygen atoms in total. The van der Waals surface area contributed by atoms with Crippen LogP contribution in [0.5, 0.6) is 23.0 Å². The lowest BCUT2D eigenvalue weighted by Crippen LogP contribution is -2.24. The monoisotopic (exact) mass is 545 g/mol. The van der Waals surface area contributed by atoms with E-state index in [4.69, 9.17) is 14.5 Å². The first-order valence-corrected chi connectivity index (χ1v) is 14.1. The lowest BCUT2D eigenvalue weighted by atomic mass is 9.74. The highest BCUT2D eigenvalue weighted by Crippen LogP contribution is 2.52. The van der Waals surface area contributed by atoms with Crippen molar-refractivity contribution >= 4 is 21.9 Å². The number of pyridine rings is 2. The van der Waals surface area contributed by atoms with E-state index in [9.17, 15) is 0 Å². The van der Waals surface area contributed by atoms with Gasteiger partial charge in [0.05, 0.1) is 16.9 Å². The Bertz CT molecular complexity index is 2130. The van der Waals surface area contributed by atoms with Crippen molar-refractivity contribution in [3.8, 4) is 39.9 Å². The first kappa shape index (κ1) is 24.4. The number of hydrogen-bond donors (Lipinski definition) is 0. The summed E-state index contributed by atoms with van der Waals surface area (Å²) in [5, 5.41) is 2.25. The molecule has 8 rings (SSSR count). The van der Waals surface area contributed by atoms with E-state index in [-0.39, 0.29) is 5.41 Å². The molecular formula is C37H27N3O2. The van der Waals surface area contributed by atoms with Gasteiger partial charge in [-0.25, -0.2) is 4.98 Å². The van der Waals surface area contributed by atoms with Crippen LogP contribution >= 0.6 is 0 Å². The highest BCUT2D eigenvalue weighted by Gasteiger charge is 2.37. The van der Waals surface area contributed by atoms with Gasteiger partial charge in [-0.15, -0.1) is 0 Å². The Labute approximate surface area is 243 Å². The summed E-state index contributed by atoms with van der Waals surface area (Å²) in [5.41, 5.74) is 6.95. The maximum Gasteiger partial charge on any atom is 0.145 e. The first-order chi connectivity index (χ1) is 20.6. The molecule has 4 aromatic carbocycles. The maximum absolute atomic E-state index is 6.46. The molecule has 202 valence electrons. The van der Waals surface area contributed by atoms with E-state index < -0.39 is 0 Å². The van der Waals surface area contributed by atoms with Gasteiger partial charge in [-0.1, -0.05) is 56.3 Å². The molecule has 3 aromatic heterocycles. The van der Waals surface area contributed by atoms with Crippen molar-refractivity contribution in [2.75, 3.05) is 0 Å². The SMILES string of the molecule is CC1(C)c2ccccc2Oc2ccc3c(c21)c1cccnc1n3-c1cccc(Oc2cccc(-c3ccccn3)c2)c1. The van der Waals surface area contributed by atoms with Crippen LogP contribution < -0.4 is 9.47 Å². The van der Waals surface area contributed by atoms with Gasteiger partial charge in [0.15, 0.2) is 0 Å². The molecule has 0 saturated carbocycles. The lowest BCUT2D eigenvalue weighted by molar-refractivity contribution is 0.420. The van der Waals surface area contributed by atoms with E-state index in [1.807, 2.05) is 79.0 Å². The van der Waals surface area contributed by atoms with Crippen LogP contribution in [0, 0.1) is 0 Å². The minimum atomic E-state index is -0.262. The van der Waals surface area contributed by atoms with Crippen LogP contribution in [0.4, 0.5) is 0 Å². The minimum Gasteiger partial charge on any atom is -0.457 e. The average Bonchev–Trinajstić information content (AvgIpc) is 3.36. The summed E-state index contributed by atoms with van der Waals surface area (Å²) in [5.74, 6) is 3.29. The molecule has 1 aliphatic heterocycles. The zero-order valence-electron chi connectivity index (χ0n) is 23.3. The molecule has 7 aromatic rings. The number of benzene rings is 4. The number of para-hydroxylation sites is 1. The van der Waals surface area contributed by atoms with Gasteiger partial charge in [-0.3, -0.25) is 9.55 Å². The summed E-state index contributed by atoms with van der Waals surface area (Å²) in [6.45, 7) is 4.55. The van der Waals surface area contributed by atoms with Crippen molar-refractivity contribution in [3.05, 3.63) is 139 Å². The summed E-state index contributed by atoms with van der Waals surface area (Å²) >= 11 is 0. The number of rotatable bonds is 4. The van der Waals surface area contributed by atoms with Crippen LogP contribution in [0.3, 0.4) is 0 Å². The quantitative estimate of drug-likeness (QED) is 0.221. The zero-order valence-corrected chi connectivity index (χ0v) is 23.3. The minimum absolute atomic E-state index is 0.262. The Hall–Kier alpha value is -5.42. The van der Waals surface area contributed by atoms with Gasteiger partial charge in [0.25, 0.3) is 0 Å². The number of ether oxygens (including phenoxy) is 2. The predicted octanol–water partition coefficient (Wildman–Crippen LogP) is 9.46. The third kappa shape index (κ3) is 3.78. The molecule has 0 radical (unpaired) electrons. The van der Waals surface area contributed by atoms with Gasteiger partial charge < -0.3 is 9.47 Å². The number of aromatic nitrogens is 3. The van der Waals surface area contributed by atoms with E-state index in [0.29, 0.717) is 0 Å². The van der Waals surface area contributed by atoms with Gasteiger partial charge in [0.2, 0.25) is 0 Å². The first-order valence-electron chi connectivity index (χ1n) is 14.1. The molecule has 0 aliphatic carbocycles. The molecule has 0 fully saturated rings. The number of fused-ring (bicyclic) bond motifs is 6. The molecule has 1 aliphatic rings. The number of nitrogens with zero attached hydrogens (tertiary/aromatic N) is 3. The lowest BCUT2D eigenvalue weighted by Gasteiger charge is -2.35. The third-order valence-electron chi connectivity index (χ3n) is 8.17. The Balaban J connectivity index is 1.27. The van der Waals surface area contributed by atoms with Crippen LogP contribution in [-0.2, 0) is 5.41 Å². The Morgan fingerprint density at radius 1 is 0.690 bits per heavy atom. The maximum atomic E-state index is 6.46. The van der Waals surface area contributed by atoms with Crippen LogP contribution in [0.1, 0.15) is 25.0 Å². The van der Waals surface area contributed by atoms with Crippen molar-refractivity contribution < 1.29 is 9.47 Å². The van der Waals surface area contributed by atoms with Gasteiger partial charge >= 0.3 is 0 Å². The topological polar surface area (TPSA) is 49.2 Å². The molecular weight excluding hydrogens is 518 g/mol. The molecule has 5 heteroatoms. The number of hydrogen-bond acceptors (Lipinski definition) is 4. The summed E-state index contributed by atoms with van der Waals surface area (Å²) in [6, 6.07) is 38.8. The second-order valence-corrected chi connectivity index (χ2v) is 11.1. The normalized spacial score (nSPS) is 13.4. The van der Waals surface area contributed by atoms with Crippen LogP contribution in [0.15, 0.2) is 128 Å².